The molecule has 2 aromatic carbocycles. The van der Waals surface area contributed by atoms with Crippen LogP contribution in [0.15, 0.2) is 72.9 Å². The van der Waals surface area contributed by atoms with E-state index in [1.807, 2.05) is 30.5 Å². The number of benzene rings is 2. The van der Waals surface area contributed by atoms with Crippen LogP contribution < -0.4 is 11.5 Å². The van der Waals surface area contributed by atoms with Gasteiger partial charge in [-0.25, -0.2) is 0 Å². The van der Waals surface area contributed by atoms with Crippen molar-refractivity contribution in [2.45, 2.75) is 26.2 Å². The Hall–Kier alpha value is -2.76. The van der Waals surface area contributed by atoms with Crippen molar-refractivity contribution in [2.75, 3.05) is 6.54 Å². The van der Waals surface area contributed by atoms with E-state index in [1.54, 1.807) is 0 Å². The van der Waals surface area contributed by atoms with Gasteiger partial charge in [0.15, 0.2) is 0 Å². The summed E-state index contributed by atoms with van der Waals surface area (Å²) in [4.78, 5) is 4.23. The van der Waals surface area contributed by atoms with Gasteiger partial charge in [-0.15, -0.1) is 0 Å². The molecule has 5 nitrogen and oxygen atoms in total. The van der Waals surface area contributed by atoms with Gasteiger partial charge in [0.25, 0.3) is 0 Å². The third kappa shape index (κ3) is 4.45. The number of nitrogens with zero attached hydrogens (tertiary/aromatic N) is 2. The molecule has 1 heterocycles. The number of aliphatic hydroxyl groups is 1. The lowest BCUT2D eigenvalue weighted by atomic mass is 10.1. The average Bonchev–Trinajstić information content (AvgIpc) is 2.69. The summed E-state index contributed by atoms with van der Waals surface area (Å²) < 4.78 is 0. The summed E-state index contributed by atoms with van der Waals surface area (Å²) in [7, 11) is 0. The third-order valence-electron chi connectivity index (χ3n) is 4.53. The summed E-state index contributed by atoms with van der Waals surface area (Å²) in [6, 6.07) is 16.5. The molecule has 0 aliphatic carbocycles. The van der Waals surface area contributed by atoms with Crippen LogP contribution in [0.25, 0.3) is 0 Å². The molecule has 0 fully saturated rings. The van der Waals surface area contributed by atoms with Gasteiger partial charge >= 0.3 is 0 Å². The molecule has 0 unspecified atom stereocenters. The first-order chi connectivity index (χ1) is 12.7. The van der Waals surface area contributed by atoms with Crippen molar-refractivity contribution in [1.82, 2.24) is 9.80 Å². The number of rotatable bonds is 6. The number of hydrogen-bond donors (Lipinski definition) is 3. The molecule has 0 aromatic heterocycles. The van der Waals surface area contributed by atoms with E-state index in [9.17, 15) is 5.11 Å². The van der Waals surface area contributed by atoms with E-state index < -0.39 is 0 Å². The minimum absolute atomic E-state index is 0.530. The molecule has 0 amide bonds. The van der Waals surface area contributed by atoms with E-state index in [-0.39, 0.29) is 0 Å². The van der Waals surface area contributed by atoms with Gasteiger partial charge in [-0.05, 0) is 22.3 Å². The van der Waals surface area contributed by atoms with Crippen molar-refractivity contribution in [3.05, 3.63) is 95.1 Å². The number of nitrogens with two attached hydrogens (primary N) is 2. The Morgan fingerprint density at radius 1 is 0.846 bits per heavy atom. The summed E-state index contributed by atoms with van der Waals surface area (Å²) in [5.74, 6) is 0. The molecule has 1 aliphatic rings. The molecule has 0 atom stereocenters. The highest BCUT2D eigenvalue weighted by atomic mass is 16.2. The zero-order valence-corrected chi connectivity index (χ0v) is 14.9. The lowest BCUT2D eigenvalue weighted by molar-refractivity contribution is 0.289. The fraction of sp³-hybridized carbons (Fsp3) is 0.238. The summed E-state index contributed by atoms with van der Waals surface area (Å²) in [5.41, 5.74) is 16.9. The van der Waals surface area contributed by atoms with E-state index in [0.29, 0.717) is 26.2 Å². The van der Waals surface area contributed by atoms with Crippen molar-refractivity contribution in [3.8, 4) is 0 Å². The monoisotopic (exact) mass is 350 g/mol. The average molecular weight is 350 g/mol. The molecule has 0 saturated heterocycles. The van der Waals surface area contributed by atoms with Crippen molar-refractivity contribution >= 4 is 0 Å². The Morgan fingerprint density at radius 3 is 2.00 bits per heavy atom. The van der Waals surface area contributed by atoms with Crippen molar-refractivity contribution in [2.24, 2.45) is 11.5 Å². The molecule has 1 aliphatic heterocycles. The van der Waals surface area contributed by atoms with Gasteiger partial charge in [0, 0.05) is 38.6 Å². The second-order valence-electron chi connectivity index (χ2n) is 6.50. The Bertz CT molecular complexity index is 800. The quantitative estimate of drug-likeness (QED) is 0.698. The van der Waals surface area contributed by atoms with Gasteiger partial charge in [-0.1, -0.05) is 48.5 Å². The van der Waals surface area contributed by atoms with Gasteiger partial charge in [-0.2, -0.15) is 0 Å². The molecule has 5 N–H and O–H groups in total. The van der Waals surface area contributed by atoms with E-state index >= 15 is 0 Å². The fourth-order valence-electron chi connectivity index (χ4n) is 3.14. The Kier molecular flexibility index (Phi) is 5.94. The van der Waals surface area contributed by atoms with Crippen molar-refractivity contribution < 1.29 is 5.11 Å². The molecule has 2 aromatic rings. The van der Waals surface area contributed by atoms with Crippen LogP contribution in [0.5, 0.6) is 0 Å². The van der Waals surface area contributed by atoms with E-state index in [2.05, 4.69) is 40.3 Å². The van der Waals surface area contributed by atoms with Crippen LogP contribution in [-0.2, 0) is 26.2 Å². The van der Waals surface area contributed by atoms with Gasteiger partial charge in [-0.3, -0.25) is 0 Å². The lowest BCUT2D eigenvalue weighted by Crippen LogP contribution is -2.32. The first-order valence-corrected chi connectivity index (χ1v) is 8.80. The normalized spacial score (nSPS) is 15.7. The molecule has 0 radical (unpaired) electrons. The molecular weight excluding hydrogens is 324 g/mol. The maximum absolute atomic E-state index is 9.71. The maximum atomic E-state index is 9.71. The first-order valence-electron chi connectivity index (χ1n) is 8.80. The lowest BCUT2D eigenvalue weighted by Gasteiger charge is -2.33. The maximum Gasteiger partial charge on any atom is 0.100 e. The zero-order valence-electron chi connectivity index (χ0n) is 14.9. The van der Waals surface area contributed by atoms with Crippen LogP contribution in [0, 0.1) is 0 Å². The fourth-order valence-corrected chi connectivity index (χ4v) is 3.14. The van der Waals surface area contributed by atoms with Crippen molar-refractivity contribution in [1.29, 1.82) is 0 Å². The molecule has 5 heteroatoms. The Balaban J connectivity index is 1.70. The molecule has 3 rings (SSSR count). The molecule has 26 heavy (non-hydrogen) atoms. The van der Waals surface area contributed by atoms with Crippen LogP contribution in [-0.4, -0.2) is 21.5 Å². The molecular formula is C21H26N4O. The highest BCUT2D eigenvalue weighted by Gasteiger charge is 2.16. The predicted molar refractivity (Wildman–Crippen MR) is 104 cm³/mol. The highest BCUT2D eigenvalue weighted by Crippen LogP contribution is 2.20. The van der Waals surface area contributed by atoms with Crippen LogP contribution in [0.1, 0.15) is 22.3 Å². The molecule has 136 valence electrons. The van der Waals surface area contributed by atoms with Crippen molar-refractivity contribution in [3.63, 3.8) is 0 Å². The standard InChI is InChI=1S/C21H26N4O/c22-11-17-3-1-5-19(9-17)13-24-7-8-25(21(15-24)16-26)14-20-6-2-4-18(10-20)12-23/h1-10,16,26H,11-15,22-23H2. The minimum atomic E-state index is 0.530. The van der Waals surface area contributed by atoms with Crippen LogP contribution in [0.2, 0.25) is 0 Å². The zero-order chi connectivity index (χ0) is 18.4. The summed E-state index contributed by atoms with van der Waals surface area (Å²) in [5, 5.41) is 9.71. The van der Waals surface area contributed by atoms with Gasteiger partial charge in [0.2, 0.25) is 0 Å². The predicted octanol–water partition coefficient (Wildman–Crippen LogP) is 2.79. The van der Waals surface area contributed by atoms with Gasteiger partial charge in [0.1, 0.15) is 6.26 Å². The third-order valence-corrected chi connectivity index (χ3v) is 4.53. The Morgan fingerprint density at radius 2 is 1.42 bits per heavy atom. The Labute approximate surface area is 154 Å². The molecule has 0 saturated carbocycles. The summed E-state index contributed by atoms with van der Waals surface area (Å²) in [6.45, 7) is 3.20. The van der Waals surface area contributed by atoms with E-state index in [4.69, 9.17) is 11.5 Å². The van der Waals surface area contributed by atoms with Gasteiger partial charge < -0.3 is 26.4 Å². The van der Waals surface area contributed by atoms with Gasteiger partial charge in [0.05, 0.1) is 12.2 Å². The van der Waals surface area contributed by atoms with Crippen LogP contribution >= 0.6 is 0 Å². The smallest absolute Gasteiger partial charge is 0.100 e. The largest absolute Gasteiger partial charge is 0.514 e. The SMILES string of the molecule is NCc1cccc(CN2C=CN(Cc3cccc(CN)c3)C(=CO)C2)c1. The van der Waals surface area contributed by atoms with E-state index in [1.165, 1.54) is 17.4 Å². The summed E-state index contributed by atoms with van der Waals surface area (Å²) >= 11 is 0. The topological polar surface area (TPSA) is 78.8 Å². The first kappa shape index (κ1) is 18.0. The van der Waals surface area contributed by atoms with Crippen LogP contribution in [0.4, 0.5) is 0 Å². The highest BCUT2D eigenvalue weighted by molar-refractivity contribution is 5.26. The second-order valence-corrected chi connectivity index (χ2v) is 6.50. The second kappa shape index (κ2) is 8.56. The molecule has 0 bridgehead atoms. The van der Waals surface area contributed by atoms with E-state index in [0.717, 1.165) is 23.4 Å². The van der Waals surface area contributed by atoms with Crippen LogP contribution in [0.3, 0.4) is 0 Å². The summed E-state index contributed by atoms with van der Waals surface area (Å²) in [6.07, 6.45) is 5.27. The number of hydrogen-bond acceptors (Lipinski definition) is 5. The number of aliphatic hydroxyl groups excluding tert-OH is 1. The minimum Gasteiger partial charge on any atom is -0.514 e. The molecule has 0 spiro atoms.